The van der Waals surface area contributed by atoms with Gasteiger partial charge in [-0.3, -0.25) is 9.69 Å². The molecule has 1 aliphatic rings. The fraction of sp³-hybridized carbons (Fsp3) is 0.409. The molecule has 4 nitrogen and oxygen atoms in total. The number of ether oxygens (including phenoxy) is 1. The average molecular weight is 370 g/mol. The van der Waals surface area contributed by atoms with Crippen molar-refractivity contribution in [2.24, 2.45) is 0 Å². The maximum Gasteiger partial charge on any atom is 0.227 e. The highest BCUT2D eigenvalue weighted by Crippen LogP contribution is 2.14. The van der Waals surface area contributed by atoms with Crippen LogP contribution in [0.5, 0.6) is 5.75 Å². The van der Waals surface area contributed by atoms with Gasteiger partial charge in [0.1, 0.15) is 11.6 Å². The molecule has 0 aromatic heterocycles. The minimum atomic E-state index is -0.137. The molecular weight excluding hydrogens is 343 g/mol. The molecule has 0 spiro atoms. The van der Waals surface area contributed by atoms with Gasteiger partial charge >= 0.3 is 0 Å². The molecule has 1 amide bonds. The first-order chi connectivity index (χ1) is 13.2. The second-order valence-electron chi connectivity index (χ2n) is 6.82. The molecule has 0 bridgehead atoms. The predicted molar refractivity (Wildman–Crippen MR) is 104 cm³/mol. The smallest absolute Gasteiger partial charge is 0.227 e. The number of halogens is 1. The van der Waals surface area contributed by atoms with Crippen molar-refractivity contribution in [3.05, 3.63) is 65.5 Å². The van der Waals surface area contributed by atoms with Gasteiger partial charge in [0.15, 0.2) is 0 Å². The number of carbonyl (C=O) groups excluding carboxylic acids is 1. The van der Waals surface area contributed by atoms with E-state index < -0.39 is 0 Å². The zero-order valence-corrected chi connectivity index (χ0v) is 15.9. The number of benzene rings is 2. The lowest BCUT2D eigenvalue weighted by Crippen LogP contribution is -2.49. The molecule has 1 heterocycles. The summed E-state index contributed by atoms with van der Waals surface area (Å²) in [4.78, 5) is 16.8. The van der Waals surface area contributed by atoms with E-state index in [1.165, 1.54) is 6.07 Å². The lowest BCUT2D eigenvalue weighted by atomic mass is 10.1. The summed E-state index contributed by atoms with van der Waals surface area (Å²) in [5.41, 5.74) is 1.76. The van der Waals surface area contributed by atoms with Gasteiger partial charge in [-0.05, 0) is 42.7 Å². The molecule has 1 fully saturated rings. The Bertz CT molecular complexity index is 740. The highest BCUT2D eigenvalue weighted by Gasteiger charge is 2.21. The molecule has 5 heteroatoms. The van der Waals surface area contributed by atoms with Crippen LogP contribution in [0, 0.1) is 5.82 Å². The van der Waals surface area contributed by atoms with E-state index in [4.69, 9.17) is 4.74 Å². The highest BCUT2D eigenvalue weighted by atomic mass is 19.1. The third-order valence-corrected chi connectivity index (χ3v) is 4.97. The third-order valence-electron chi connectivity index (χ3n) is 4.97. The second-order valence-corrected chi connectivity index (χ2v) is 6.82. The Balaban J connectivity index is 1.43. The molecule has 1 saturated heterocycles. The van der Waals surface area contributed by atoms with Crippen molar-refractivity contribution in [1.29, 1.82) is 0 Å². The Labute approximate surface area is 160 Å². The Morgan fingerprint density at radius 2 is 1.74 bits per heavy atom. The fourth-order valence-corrected chi connectivity index (χ4v) is 3.36. The van der Waals surface area contributed by atoms with E-state index in [1.54, 1.807) is 6.07 Å². The van der Waals surface area contributed by atoms with Gasteiger partial charge in [-0.2, -0.15) is 0 Å². The van der Waals surface area contributed by atoms with Crippen molar-refractivity contribution in [3.63, 3.8) is 0 Å². The van der Waals surface area contributed by atoms with E-state index in [0.717, 1.165) is 49.6 Å². The van der Waals surface area contributed by atoms with Gasteiger partial charge in [-0.1, -0.05) is 30.3 Å². The molecule has 0 saturated carbocycles. The topological polar surface area (TPSA) is 32.8 Å². The molecule has 0 radical (unpaired) electrons. The van der Waals surface area contributed by atoms with E-state index in [2.05, 4.69) is 4.90 Å². The maximum atomic E-state index is 13.7. The van der Waals surface area contributed by atoms with E-state index >= 15 is 0 Å². The summed E-state index contributed by atoms with van der Waals surface area (Å²) < 4.78 is 19.1. The molecule has 3 rings (SSSR count). The maximum absolute atomic E-state index is 13.7. The Morgan fingerprint density at radius 1 is 1.04 bits per heavy atom. The van der Waals surface area contributed by atoms with Crippen molar-refractivity contribution in [2.75, 3.05) is 39.3 Å². The zero-order valence-electron chi connectivity index (χ0n) is 15.9. The summed E-state index contributed by atoms with van der Waals surface area (Å²) in [6, 6.07) is 14.7. The summed E-state index contributed by atoms with van der Waals surface area (Å²) in [6.07, 6.45) is 1.12. The first-order valence-electron chi connectivity index (χ1n) is 9.61. The second kappa shape index (κ2) is 9.51. The number of hydrogen-bond acceptors (Lipinski definition) is 3. The molecule has 0 unspecified atom stereocenters. The minimum absolute atomic E-state index is 0.137. The van der Waals surface area contributed by atoms with Gasteiger partial charge in [0.05, 0.1) is 13.0 Å². The largest absolute Gasteiger partial charge is 0.494 e. The van der Waals surface area contributed by atoms with Crippen molar-refractivity contribution in [2.45, 2.75) is 19.8 Å². The standard InChI is InChI=1S/C22H27FN2O2/c1-2-27-20-9-7-18(8-10-20)17-22(26)25-15-13-24(14-16-25)12-11-19-5-3-4-6-21(19)23/h3-10H,2,11-17H2,1H3. The van der Waals surface area contributed by atoms with Crippen molar-refractivity contribution < 1.29 is 13.9 Å². The molecule has 2 aromatic carbocycles. The first kappa shape index (κ1) is 19.4. The molecule has 2 aromatic rings. The van der Waals surface area contributed by atoms with Gasteiger partial charge in [0.2, 0.25) is 5.91 Å². The molecule has 1 aliphatic heterocycles. The van der Waals surface area contributed by atoms with Crippen LogP contribution in [-0.4, -0.2) is 55.0 Å². The van der Waals surface area contributed by atoms with E-state index in [-0.39, 0.29) is 11.7 Å². The summed E-state index contributed by atoms with van der Waals surface area (Å²) in [5.74, 6) is 0.853. The molecule has 144 valence electrons. The van der Waals surface area contributed by atoms with Gasteiger partial charge in [-0.25, -0.2) is 4.39 Å². The Morgan fingerprint density at radius 3 is 2.41 bits per heavy atom. The third kappa shape index (κ3) is 5.54. The highest BCUT2D eigenvalue weighted by molar-refractivity contribution is 5.79. The van der Waals surface area contributed by atoms with Crippen LogP contribution in [0.25, 0.3) is 0 Å². The molecule has 27 heavy (non-hydrogen) atoms. The van der Waals surface area contributed by atoms with E-state index in [0.29, 0.717) is 19.4 Å². The molecule has 0 N–H and O–H groups in total. The fourth-order valence-electron chi connectivity index (χ4n) is 3.36. The van der Waals surface area contributed by atoms with Crippen molar-refractivity contribution in [3.8, 4) is 5.75 Å². The Kier molecular flexibility index (Phi) is 6.82. The number of piperazine rings is 1. The van der Waals surface area contributed by atoms with E-state index in [1.807, 2.05) is 48.2 Å². The summed E-state index contributed by atoms with van der Waals surface area (Å²) in [5, 5.41) is 0. The van der Waals surface area contributed by atoms with Crippen LogP contribution in [0.3, 0.4) is 0 Å². The molecule has 0 aliphatic carbocycles. The lowest BCUT2D eigenvalue weighted by molar-refractivity contribution is -0.132. The molecule has 0 atom stereocenters. The van der Waals surface area contributed by atoms with Gasteiger partial charge in [0.25, 0.3) is 0 Å². The van der Waals surface area contributed by atoms with Crippen LogP contribution in [-0.2, 0) is 17.6 Å². The molecular formula is C22H27FN2O2. The quantitative estimate of drug-likeness (QED) is 0.751. The van der Waals surface area contributed by atoms with Crippen LogP contribution < -0.4 is 4.74 Å². The number of hydrogen-bond donors (Lipinski definition) is 0. The SMILES string of the molecule is CCOc1ccc(CC(=O)N2CCN(CCc3ccccc3F)CC2)cc1. The predicted octanol–water partition coefficient (Wildman–Crippen LogP) is 3.15. The first-order valence-corrected chi connectivity index (χ1v) is 9.61. The lowest BCUT2D eigenvalue weighted by Gasteiger charge is -2.34. The Hall–Kier alpha value is -2.40. The van der Waals surface area contributed by atoms with Crippen LogP contribution in [0.15, 0.2) is 48.5 Å². The zero-order chi connectivity index (χ0) is 19.1. The van der Waals surface area contributed by atoms with Crippen LogP contribution in [0.2, 0.25) is 0 Å². The van der Waals surface area contributed by atoms with E-state index in [9.17, 15) is 9.18 Å². The monoisotopic (exact) mass is 370 g/mol. The van der Waals surface area contributed by atoms with Gasteiger partial charge in [-0.15, -0.1) is 0 Å². The van der Waals surface area contributed by atoms with Crippen LogP contribution >= 0.6 is 0 Å². The minimum Gasteiger partial charge on any atom is -0.494 e. The van der Waals surface area contributed by atoms with Gasteiger partial charge in [0, 0.05) is 32.7 Å². The normalized spacial score (nSPS) is 15.0. The number of carbonyl (C=O) groups is 1. The van der Waals surface area contributed by atoms with Crippen molar-refractivity contribution in [1.82, 2.24) is 9.80 Å². The summed E-state index contributed by atoms with van der Waals surface area (Å²) in [7, 11) is 0. The van der Waals surface area contributed by atoms with Crippen LogP contribution in [0.4, 0.5) is 4.39 Å². The van der Waals surface area contributed by atoms with Gasteiger partial charge < -0.3 is 9.64 Å². The number of amides is 1. The summed E-state index contributed by atoms with van der Waals surface area (Å²) >= 11 is 0. The van der Waals surface area contributed by atoms with Crippen LogP contribution in [0.1, 0.15) is 18.1 Å². The average Bonchev–Trinajstić information content (AvgIpc) is 2.69. The van der Waals surface area contributed by atoms with Crippen molar-refractivity contribution >= 4 is 5.91 Å². The number of nitrogens with zero attached hydrogens (tertiary/aromatic N) is 2. The summed E-state index contributed by atoms with van der Waals surface area (Å²) in [6.45, 7) is 6.54. The number of rotatable bonds is 7.